The SMILES string of the molecule is NCc1cc(F)c(NC2CCC(=O)NC2=O)nn1. The second-order valence-electron chi connectivity index (χ2n) is 3.88. The number of piperidine rings is 1. The first-order chi connectivity index (χ1) is 8.60. The van der Waals surface area contributed by atoms with Crippen molar-refractivity contribution in [2.75, 3.05) is 5.32 Å². The number of amides is 2. The Morgan fingerprint density at radius 2 is 2.28 bits per heavy atom. The van der Waals surface area contributed by atoms with Crippen LogP contribution in [0.2, 0.25) is 0 Å². The molecule has 0 spiro atoms. The van der Waals surface area contributed by atoms with E-state index in [4.69, 9.17) is 5.73 Å². The van der Waals surface area contributed by atoms with Gasteiger partial charge in [0.25, 0.3) is 0 Å². The number of hydrogen-bond acceptors (Lipinski definition) is 6. The Hall–Kier alpha value is -2.09. The minimum Gasteiger partial charge on any atom is -0.354 e. The Labute approximate surface area is 102 Å². The molecule has 0 aromatic carbocycles. The Balaban J connectivity index is 2.09. The third kappa shape index (κ3) is 2.59. The zero-order valence-electron chi connectivity index (χ0n) is 9.44. The average molecular weight is 253 g/mol. The largest absolute Gasteiger partial charge is 0.354 e. The Bertz CT molecular complexity index is 493. The molecule has 4 N–H and O–H groups in total. The first kappa shape index (κ1) is 12.4. The number of rotatable bonds is 3. The highest BCUT2D eigenvalue weighted by molar-refractivity contribution is 6.01. The first-order valence-electron chi connectivity index (χ1n) is 5.42. The fourth-order valence-corrected chi connectivity index (χ4v) is 1.60. The lowest BCUT2D eigenvalue weighted by atomic mass is 10.1. The molecule has 1 aromatic rings. The van der Waals surface area contributed by atoms with Crippen LogP contribution < -0.4 is 16.4 Å². The quantitative estimate of drug-likeness (QED) is 0.614. The predicted octanol–water partition coefficient (Wildman–Crippen LogP) is -0.709. The van der Waals surface area contributed by atoms with Crippen LogP contribution in [-0.2, 0) is 16.1 Å². The molecule has 18 heavy (non-hydrogen) atoms. The average Bonchev–Trinajstić information content (AvgIpc) is 2.34. The minimum atomic E-state index is -0.685. The number of carbonyl (C=O) groups is 2. The van der Waals surface area contributed by atoms with Crippen LogP contribution in [0, 0.1) is 5.82 Å². The van der Waals surface area contributed by atoms with Crippen molar-refractivity contribution in [1.29, 1.82) is 0 Å². The summed E-state index contributed by atoms with van der Waals surface area (Å²) in [5.41, 5.74) is 5.62. The molecule has 8 heteroatoms. The second-order valence-corrected chi connectivity index (χ2v) is 3.88. The molecule has 0 aliphatic carbocycles. The number of nitrogens with zero attached hydrogens (tertiary/aromatic N) is 2. The van der Waals surface area contributed by atoms with Gasteiger partial charge in [0.05, 0.1) is 5.69 Å². The van der Waals surface area contributed by atoms with Crippen molar-refractivity contribution < 1.29 is 14.0 Å². The summed E-state index contributed by atoms with van der Waals surface area (Å²) in [7, 11) is 0. The van der Waals surface area contributed by atoms with Crippen molar-refractivity contribution in [1.82, 2.24) is 15.5 Å². The standard InChI is InChI=1S/C10H12FN5O2/c11-6-3-5(4-12)15-16-9(6)13-7-1-2-8(17)14-10(7)18/h3,7H,1-2,4,12H2,(H,13,16)(H,14,17,18). The van der Waals surface area contributed by atoms with Gasteiger partial charge in [-0.2, -0.15) is 5.10 Å². The van der Waals surface area contributed by atoms with Crippen molar-refractivity contribution in [2.24, 2.45) is 5.73 Å². The minimum absolute atomic E-state index is 0.0859. The van der Waals surface area contributed by atoms with Gasteiger partial charge in [-0.25, -0.2) is 4.39 Å². The van der Waals surface area contributed by atoms with Crippen LogP contribution >= 0.6 is 0 Å². The summed E-state index contributed by atoms with van der Waals surface area (Å²) in [6.45, 7) is 0.0859. The Kier molecular flexibility index (Phi) is 3.47. The zero-order chi connectivity index (χ0) is 13.1. The van der Waals surface area contributed by atoms with Crippen LogP contribution in [0.25, 0.3) is 0 Å². The number of nitrogens with one attached hydrogen (secondary N) is 2. The smallest absolute Gasteiger partial charge is 0.249 e. The molecule has 1 fully saturated rings. The number of imide groups is 1. The molecule has 2 amide bonds. The van der Waals surface area contributed by atoms with E-state index in [2.05, 4.69) is 20.8 Å². The van der Waals surface area contributed by atoms with Crippen LogP contribution in [0.4, 0.5) is 10.2 Å². The lowest BCUT2D eigenvalue weighted by Gasteiger charge is -2.22. The molecule has 2 heterocycles. The fraction of sp³-hybridized carbons (Fsp3) is 0.400. The van der Waals surface area contributed by atoms with Crippen molar-refractivity contribution in [3.63, 3.8) is 0 Å². The maximum Gasteiger partial charge on any atom is 0.249 e. The van der Waals surface area contributed by atoms with Gasteiger partial charge in [-0.1, -0.05) is 0 Å². The topological polar surface area (TPSA) is 110 Å². The summed E-state index contributed by atoms with van der Waals surface area (Å²) in [4.78, 5) is 22.4. The summed E-state index contributed by atoms with van der Waals surface area (Å²) in [5.74, 6) is -1.57. The van der Waals surface area contributed by atoms with Gasteiger partial charge in [0.2, 0.25) is 11.8 Å². The molecular formula is C10H12FN5O2. The van der Waals surface area contributed by atoms with Crippen LogP contribution in [0.1, 0.15) is 18.5 Å². The van der Waals surface area contributed by atoms with E-state index in [1.807, 2.05) is 0 Å². The molecule has 1 aliphatic heterocycles. The van der Waals surface area contributed by atoms with Crippen LogP contribution in [-0.4, -0.2) is 28.1 Å². The maximum atomic E-state index is 13.6. The van der Waals surface area contributed by atoms with Crippen LogP contribution in [0.3, 0.4) is 0 Å². The fourth-order valence-electron chi connectivity index (χ4n) is 1.60. The van der Waals surface area contributed by atoms with Crippen molar-refractivity contribution >= 4 is 17.6 Å². The number of aromatic nitrogens is 2. The van der Waals surface area contributed by atoms with Crippen LogP contribution in [0.5, 0.6) is 0 Å². The Morgan fingerprint density at radius 1 is 1.50 bits per heavy atom. The Morgan fingerprint density at radius 3 is 2.89 bits per heavy atom. The molecule has 1 atom stereocenters. The molecule has 1 saturated heterocycles. The van der Waals surface area contributed by atoms with Crippen molar-refractivity contribution in [2.45, 2.75) is 25.4 Å². The van der Waals surface area contributed by atoms with E-state index in [0.717, 1.165) is 6.07 Å². The van der Waals surface area contributed by atoms with E-state index in [1.54, 1.807) is 0 Å². The van der Waals surface area contributed by atoms with Crippen LogP contribution in [0.15, 0.2) is 6.07 Å². The van der Waals surface area contributed by atoms with E-state index in [-0.39, 0.29) is 24.7 Å². The molecule has 1 unspecified atom stereocenters. The molecule has 1 aromatic heterocycles. The van der Waals surface area contributed by atoms with Gasteiger partial charge in [0.15, 0.2) is 11.6 Å². The van der Waals surface area contributed by atoms with Crippen molar-refractivity contribution in [3.05, 3.63) is 17.6 Å². The normalized spacial score (nSPS) is 19.6. The van der Waals surface area contributed by atoms with Gasteiger partial charge < -0.3 is 11.1 Å². The second kappa shape index (κ2) is 5.05. The van der Waals surface area contributed by atoms with Gasteiger partial charge in [-0.05, 0) is 6.42 Å². The third-order valence-corrected chi connectivity index (χ3v) is 2.56. The van der Waals surface area contributed by atoms with Gasteiger partial charge in [0.1, 0.15) is 6.04 Å². The van der Waals surface area contributed by atoms with Gasteiger partial charge in [0, 0.05) is 19.0 Å². The molecule has 0 saturated carbocycles. The third-order valence-electron chi connectivity index (χ3n) is 2.56. The number of hydrogen-bond donors (Lipinski definition) is 3. The highest BCUT2D eigenvalue weighted by Gasteiger charge is 2.27. The molecular weight excluding hydrogens is 241 g/mol. The van der Waals surface area contributed by atoms with Crippen molar-refractivity contribution in [3.8, 4) is 0 Å². The molecule has 2 rings (SSSR count). The molecule has 96 valence electrons. The number of anilines is 1. The monoisotopic (exact) mass is 253 g/mol. The summed E-state index contributed by atoms with van der Waals surface area (Å²) in [6.07, 6.45) is 0.504. The van der Waals surface area contributed by atoms with Gasteiger partial charge in [-0.3, -0.25) is 14.9 Å². The molecule has 0 bridgehead atoms. The molecule has 0 radical (unpaired) electrons. The first-order valence-corrected chi connectivity index (χ1v) is 5.42. The summed E-state index contributed by atoms with van der Waals surface area (Å²) < 4.78 is 13.6. The summed E-state index contributed by atoms with van der Waals surface area (Å²) >= 11 is 0. The van der Waals surface area contributed by atoms with E-state index in [1.165, 1.54) is 0 Å². The summed E-state index contributed by atoms with van der Waals surface area (Å²) in [5, 5.41) is 12.1. The maximum absolute atomic E-state index is 13.6. The van der Waals surface area contributed by atoms with E-state index in [0.29, 0.717) is 12.1 Å². The van der Waals surface area contributed by atoms with E-state index in [9.17, 15) is 14.0 Å². The van der Waals surface area contributed by atoms with Gasteiger partial charge in [-0.15, -0.1) is 5.10 Å². The van der Waals surface area contributed by atoms with E-state index < -0.39 is 17.8 Å². The molecule has 7 nitrogen and oxygen atoms in total. The lowest BCUT2D eigenvalue weighted by molar-refractivity contribution is -0.133. The zero-order valence-corrected chi connectivity index (χ0v) is 9.44. The number of carbonyl (C=O) groups excluding carboxylic acids is 2. The number of halogens is 1. The van der Waals surface area contributed by atoms with E-state index >= 15 is 0 Å². The lowest BCUT2D eigenvalue weighted by Crippen LogP contribution is -2.47. The summed E-state index contributed by atoms with van der Waals surface area (Å²) in [6, 6.07) is 0.469. The number of nitrogens with two attached hydrogens (primary N) is 1. The predicted molar refractivity (Wildman–Crippen MR) is 59.7 cm³/mol. The molecule has 1 aliphatic rings. The van der Waals surface area contributed by atoms with Gasteiger partial charge >= 0.3 is 0 Å². The highest BCUT2D eigenvalue weighted by Crippen LogP contribution is 2.14. The highest BCUT2D eigenvalue weighted by atomic mass is 19.1.